The van der Waals surface area contributed by atoms with Crippen molar-refractivity contribution in [1.29, 1.82) is 0 Å². The zero-order valence-electron chi connectivity index (χ0n) is 21.4. The fourth-order valence-electron chi connectivity index (χ4n) is 4.36. The minimum atomic E-state index is -0.118. The van der Waals surface area contributed by atoms with Crippen molar-refractivity contribution in [3.05, 3.63) is 70.6 Å². The fourth-order valence-corrected chi connectivity index (χ4v) is 4.36. The molecule has 194 valence electrons. The van der Waals surface area contributed by atoms with Gasteiger partial charge in [-0.2, -0.15) is 0 Å². The summed E-state index contributed by atoms with van der Waals surface area (Å²) < 4.78 is 0. The van der Waals surface area contributed by atoms with Crippen molar-refractivity contribution in [1.82, 2.24) is 15.3 Å². The molecule has 0 saturated heterocycles. The number of anilines is 1. The number of carbonyl (C=O) groups is 2. The summed E-state index contributed by atoms with van der Waals surface area (Å²) in [4.78, 5) is 31.6. The SMILES string of the molecule is C.[C-]#[N+]c1ccc(CC)c(N(CC(=O)NCCCC(C)C)CC(=O)N(C)N2Cc3ccccc3C2)c1. The Morgan fingerprint density at radius 3 is 2.36 bits per heavy atom. The van der Waals surface area contributed by atoms with Gasteiger partial charge in [0.05, 0.1) is 19.7 Å². The molecule has 2 aromatic carbocycles. The van der Waals surface area contributed by atoms with Crippen LogP contribution in [0, 0.1) is 12.5 Å². The second-order valence-electron chi connectivity index (χ2n) is 9.53. The van der Waals surface area contributed by atoms with E-state index in [0.717, 1.165) is 30.5 Å². The number of rotatable bonds is 11. The molecular formula is C29H41N5O2. The molecule has 0 aromatic heterocycles. The standard InChI is InChI=1S/C28H37N5O2.CH4/c1-6-22-13-14-25(29-4)16-26(22)32(19-27(34)30-15-9-10-21(2)3)20-28(35)31(5)33-17-23-11-7-8-12-24(23)18-33;/h7-8,11-14,16,21H,6,9-10,15,17-20H2,1-3,5H3,(H,30,34);1H4. The number of likely N-dealkylation sites (N-methyl/N-ethyl adjacent to an activating group) is 1. The topological polar surface area (TPSA) is 60.3 Å². The highest BCUT2D eigenvalue weighted by molar-refractivity contribution is 5.87. The van der Waals surface area contributed by atoms with Gasteiger partial charge in [0, 0.05) is 32.4 Å². The normalized spacial score (nSPS) is 12.4. The lowest BCUT2D eigenvalue weighted by Gasteiger charge is -2.32. The molecule has 0 aliphatic carbocycles. The summed E-state index contributed by atoms with van der Waals surface area (Å²) in [6, 6.07) is 13.7. The quantitative estimate of drug-likeness (QED) is 0.347. The first kappa shape index (κ1) is 28.9. The Hall–Kier alpha value is -3.37. The number of nitrogens with one attached hydrogen (secondary N) is 1. The Bertz CT molecular complexity index is 1050. The van der Waals surface area contributed by atoms with Gasteiger partial charge in [-0.25, -0.2) is 9.85 Å². The molecule has 7 nitrogen and oxygen atoms in total. The largest absolute Gasteiger partial charge is 0.355 e. The van der Waals surface area contributed by atoms with E-state index in [-0.39, 0.29) is 32.3 Å². The minimum absolute atomic E-state index is 0. The third-order valence-electron chi connectivity index (χ3n) is 6.47. The molecular weight excluding hydrogens is 450 g/mol. The molecule has 0 saturated carbocycles. The Morgan fingerprint density at radius 2 is 1.78 bits per heavy atom. The van der Waals surface area contributed by atoms with E-state index >= 15 is 0 Å². The number of amides is 2. The summed E-state index contributed by atoms with van der Waals surface area (Å²) in [5.74, 6) is 0.380. The number of nitrogens with zero attached hydrogens (tertiary/aromatic N) is 4. The van der Waals surface area contributed by atoms with Crippen LogP contribution < -0.4 is 10.2 Å². The molecule has 3 rings (SSSR count). The van der Waals surface area contributed by atoms with Gasteiger partial charge in [-0.05, 0) is 47.9 Å². The van der Waals surface area contributed by atoms with Gasteiger partial charge in [0.2, 0.25) is 5.91 Å². The highest BCUT2D eigenvalue weighted by Gasteiger charge is 2.27. The van der Waals surface area contributed by atoms with E-state index in [0.29, 0.717) is 31.2 Å². The summed E-state index contributed by atoms with van der Waals surface area (Å²) in [7, 11) is 1.79. The summed E-state index contributed by atoms with van der Waals surface area (Å²) >= 11 is 0. The van der Waals surface area contributed by atoms with Crippen LogP contribution in [0.25, 0.3) is 4.85 Å². The van der Waals surface area contributed by atoms with Crippen LogP contribution in [0.4, 0.5) is 11.4 Å². The van der Waals surface area contributed by atoms with Gasteiger partial charge < -0.3 is 10.2 Å². The highest BCUT2D eigenvalue weighted by Crippen LogP contribution is 2.28. The van der Waals surface area contributed by atoms with E-state index in [1.165, 1.54) is 11.1 Å². The zero-order chi connectivity index (χ0) is 25.4. The number of hydrogen-bond acceptors (Lipinski definition) is 4. The van der Waals surface area contributed by atoms with E-state index in [1.54, 1.807) is 24.2 Å². The highest BCUT2D eigenvalue weighted by atomic mass is 16.2. The van der Waals surface area contributed by atoms with Gasteiger partial charge in [-0.3, -0.25) is 14.6 Å². The maximum absolute atomic E-state index is 13.4. The lowest BCUT2D eigenvalue weighted by atomic mass is 10.1. The van der Waals surface area contributed by atoms with Crippen molar-refractivity contribution in [2.24, 2.45) is 5.92 Å². The third-order valence-corrected chi connectivity index (χ3v) is 6.47. The maximum atomic E-state index is 13.4. The van der Waals surface area contributed by atoms with Crippen LogP contribution in [0.5, 0.6) is 0 Å². The molecule has 0 radical (unpaired) electrons. The first-order chi connectivity index (χ1) is 16.8. The van der Waals surface area contributed by atoms with Crippen LogP contribution in [0.2, 0.25) is 0 Å². The number of hydrogen-bond donors (Lipinski definition) is 1. The number of aryl methyl sites for hydroxylation is 1. The van der Waals surface area contributed by atoms with Crippen LogP contribution in [0.1, 0.15) is 57.7 Å². The summed E-state index contributed by atoms with van der Waals surface area (Å²) in [5.41, 5.74) is 4.72. The van der Waals surface area contributed by atoms with Crippen LogP contribution in [-0.4, -0.2) is 48.5 Å². The summed E-state index contributed by atoms with van der Waals surface area (Å²) in [6.45, 7) is 15.9. The van der Waals surface area contributed by atoms with Crippen molar-refractivity contribution >= 4 is 23.2 Å². The van der Waals surface area contributed by atoms with Gasteiger partial charge >= 0.3 is 0 Å². The molecule has 0 bridgehead atoms. The minimum Gasteiger partial charge on any atom is -0.355 e. The Morgan fingerprint density at radius 1 is 1.11 bits per heavy atom. The van der Waals surface area contributed by atoms with Crippen LogP contribution in [-0.2, 0) is 29.1 Å². The number of hydrazine groups is 1. The van der Waals surface area contributed by atoms with Gasteiger partial charge in [0.1, 0.15) is 0 Å². The second-order valence-corrected chi connectivity index (χ2v) is 9.53. The molecule has 2 amide bonds. The molecule has 7 heteroatoms. The second kappa shape index (κ2) is 13.6. The van der Waals surface area contributed by atoms with E-state index in [1.807, 2.05) is 35.0 Å². The molecule has 1 aliphatic heterocycles. The molecule has 0 atom stereocenters. The smallest absolute Gasteiger partial charge is 0.256 e. The molecule has 36 heavy (non-hydrogen) atoms. The Balaban J connectivity index is 0.00000456. The van der Waals surface area contributed by atoms with Crippen molar-refractivity contribution in [3.8, 4) is 0 Å². The number of carbonyl (C=O) groups excluding carboxylic acids is 2. The Kier molecular flexibility index (Phi) is 10.9. The van der Waals surface area contributed by atoms with Gasteiger partial charge in [-0.1, -0.05) is 64.6 Å². The van der Waals surface area contributed by atoms with E-state index < -0.39 is 0 Å². The molecule has 1 aliphatic rings. The van der Waals surface area contributed by atoms with Gasteiger partial charge in [0.25, 0.3) is 5.91 Å². The average Bonchev–Trinajstić information content (AvgIpc) is 3.29. The maximum Gasteiger partial charge on any atom is 0.256 e. The van der Waals surface area contributed by atoms with Gasteiger partial charge in [-0.15, -0.1) is 0 Å². The third kappa shape index (κ3) is 7.56. The van der Waals surface area contributed by atoms with E-state index in [2.05, 4.69) is 36.1 Å². The van der Waals surface area contributed by atoms with Crippen molar-refractivity contribution in [2.75, 3.05) is 31.6 Å². The lowest BCUT2D eigenvalue weighted by molar-refractivity contribution is -0.145. The molecule has 1 heterocycles. The number of fused-ring (bicyclic) bond motifs is 1. The summed E-state index contributed by atoms with van der Waals surface area (Å²) in [6.07, 6.45) is 2.72. The molecule has 0 fully saturated rings. The van der Waals surface area contributed by atoms with Crippen molar-refractivity contribution < 1.29 is 9.59 Å². The van der Waals surface area contributed by atoms with Crippen molar-refractivity contribution in [3.63, 3.8) is 0 Å². The monoisotopic (exact) mass is 491 g/mol. The molecule has 0 spiro atoms. The number of benzene rings is 2. The average molecular weight is 492 g/mol. The van der Waals surface area contributed by atoms with Crippen molar-refractivity contribution in [2.45, 2.75) is 60.5 Å². The van der Waals surface area contributed by atoms with Crippen LogP contribution >= 0.6 is 0 Å². The first-order valence-corrected chi connectivity index (χ1v) is 12.4. The van der Waals surface area contributed by atoms with Crippen LogP contribution in [0.15, 0.2) is 42.5 Å². The molecule has 2 aromatic rings. The fraction of sp³-hybridized carbons (Fsp3) is 0.483. The van der Waals surface area contributed by atoms with E-state index in [9.17, 15) is 9.59 Å². The zero-order valence-corrected chi connectivity index (χ0v) is 21.4. The summed E-state index contributed by atoms with van der Waals surface area (Å²) in [5, 5.41) is 6.68. The molecule has 1 N–H and O–H groups in total. The van der Waals surface area contributed by atoms with Gasteiger partial charge in [0.15, 0.2) is 5.69 Å². The predicted octanol–water partition coefficient (Wildman–Crippen LogP) is 5.18. The predicted molar refractivity (Wildman–Crippen MR) is 147 cm³/mol. The first-order valence-electron chi connectivity index (χ1n) is 12.4. The molecule has 0 unspecified atom stereocenters. The Labute approximate surface area is 216 Å². The lowest BCUT2D eigenvalue weighted by Crippen LogP contribution is -2.48. The van der Waals surface area contributed by atoms with Crippen LogP contribution in [0.3, 0.4) is 0 Å². The van der Waals surface area contributed by atoms with E-state index in [4.69, 9.17) is 6.57 Å².